The number of aromatic amines is 1. The number of hydrogen-bond donors (Lipinski definition) is 2. The molecule has 33 heavy (non-hydrogen) atoms. The number of rotatable bonds is 3. The van der Waals surface area contributed by atoms with E-state index in [2.05, 4.69) is 28.3 Å². The Hall–Kier alpha value is -2.81. The fourth-order valence-electron chi connectivity index (χ4n) is 3.63. The Labute approximate surface area is 198 Å². The molecule has 174 valence electrons. The Morgan fingerprint density at radius 1 is 1.21 bits per heavy atom. The minimum Gasteiger partial charge on any atom is -0.367 e. The van der Waals surface area contributed by atoms with E-state index in [0.717, 1.165) is 35.5 Å². The van der Waals surface area contributed by atoms with Crippen LogP contribution in [0.25, 0.3) is 0 Å². The molecule has 0 radical (unpaired) electrons. The average molecular weight is 498 g/mol. The van der Waals surface area contributed by atoms with Gasteiger partial charge in [0.15, 0.2) is 0 Å². The smallest absolute Gasteiger partial charge is 0.367 e. The minimum atomic E-state index is -4.64. The summed E-state index contributed by atoms with van der Waals surface area (Å²) < 4.78 is 31.2. The summed E-state index contributed by atoms with van der Waals surface area (Å²) in [6.07, 6.45) is -2.30. The molecule has 1 amide bonds. The van der Waals surface area contributed by atoms with Crippen molar-refractivity contribution in [3.05, 3.63) is 87.2 Å². The number of carbonyl (C=O) groups excluding carboxylic acids is 2. The van der Waals surface area contributed by atoms with Crippen LogP contribution in [-0.4, -0.2) is 41.8 Å². The van der Waals surface area contributed by atoms with E-state index in [4.69, 9.17) is 28.0 Å². The molecular formula is C23H20Cl2F3N3O2. The van der Waals surface area contributed by atoms with E-state index in [1.807, 2.05) is 24.3 Å². The number of benzene rings is 2. The van der Waals surface area contributed by atoms with Crippen molar-refractivity contribution >= 4 is 41.1 Å². The Morgan fingerprint density at radius 3 is 2.58 bits per heavy atom. The summed E-state index contributed by atoms with van der Waals surface area (Å²) in [6, 6.07) is 13.5. The van der Waals surface area contributed by atoms with Gasteiger partial charge in [0.1, 0.15) is 0 Å². The SMILES string of the molecule is CN1Cc2c(Cl)cc(Cl)cc2C(c2cccc(NC(=O)c3cc[nH]c3)c2)C1.O=CC(F)(F)F. The second-order valence-electron chi connectivity index (χ2n) is 7.54. The number of alkyl halides is 3. The highest BCUT2D eigenvalue weighted by Crippen LogP contribution is 2.38. The number of halogens is 5. The highest BCUT2D eigenvalue weighted by molar-refractivity contribution is 6.35. The van der Waals surface area contributed by atoms with Crippen LogP contribution in [0.4, 0.5) is 18.9 Å². The summed E-state index contributed by atoms with van der Waals surface area (Å²) in [5.74, 6) is -0.000267. The summed E-state index contributed by atoms with van der Waals surface area (Å²) in [7, 11) is 2.08. The number of H-pyrrole nitrogens is 1. The van der Waals surface area contributed by atoms with Crippen LogP contribution in [0.15, 0.2) is 54.9 Å². The van der Waals surface area contributed by atoms with Crippen molar-refractivity contribution in [3.63, 3.8) is 0 Å². The molecule has 0 saturated carbocycles. The number of nitrogens with one attached hydrogen (secondary N) is 2. The number of likely N-dealkylation sites (N-methyl/N-ethyl adjacent to an activating group) is 1. The molecular weight excluding hydrogens is 478 g/mol. The number of aromatic nitrogens is 1. The van der Waals surface area contributed by atoms with Gasteiger partial charge in [0.2, 0.25) is 6.29 Å². The zero-order valence-electron chi connectivity index (χ0n) is 17.4. The maximum atomic E-state index is 12.3. The number of hydrogen-bond acceptors (Lipinski definition) is 3. The van der Waals surface area contributed by atoms with Gasteiger partial charge >= 0.3 is 6.18 Å². The molecule has 2 aromatic carbocycles. The zero-order valence-corrected chi connectivity index (χ0v) is 18.9. The van der Waals surface area contributed by atoms with Crippen molar-refractivity contribution < 1.29 is 22.8 Å². The lowest BCUT2D eigenvalue weighted by atomic mass is 9.84. The molecule has 5 nitrogen and oxygen atoms in total. The molecule has 0 aliphatic carbocycles. The average Bonchev–Trinajstić information content (AvgIpc) is 3.29. The van der Waals surface area contributed by atoms with Crippen LogP contribution in [0.3, 0.4) is 0 Å². The molecule has 3 aromatic rings. The van der Waals surface area contributed by atoms with Gasteiger partial charge in [0.05, 0.1) is 5.56 Å². The second kappa shape index (κ2) is 10.4. The van der Waals surface area contributed by atoms with Crippen molar-refractivity contribution in [1.29, 1.82) is 0 Å². The quantitative estimate of drug-likeness (QED) is 0.442. The molecule has 2 heterocycles. The first kappa shape index (κ1) is 24.8. The Bertz CT molecular complexity index is 1130. The first-order valence-electron chi connectivity index (χ1n) is 9.81. The highest BCUT2D eigenvalue weighted by atomic mass is 35.5. The third-order valence-corrected chi connectivity index (χ3v) is 5.59. The van der Waals surface area contributed by atoms with Crippen LogP contribution in [0.5, 0.6) is 0 Å². The van der Waals surface area contributed by atoms with Gasteiger partial charge in [-0.2, -0.15) is 13.2 Å². The molecule has 4 rings (SSSR count). The molecule has 0 saturated heterocycles. The maximum absolute atomic E-state index is 12.3. The first-order valence-corrected chi connectivity index (χ1v) is 10.6. The van der Waals surface area contributed by atoms with Gasteiger partial charge in [0, 0.05) is 47.1 Å². The molecule has 1 unspecified atom stereocenters. The van der Waals surface area contributed by atoms with Crippen LogP contribution in [0, 0.1) is 0 Å². The standard InChI is InChI=1S/C21H19Cl2N3O.C2HF3O/c1-26-11-18(17-8-15(22)9-20(23)19(17)12-26)13-3-2-4-16(7-13)25-21(27)14-5-6-24-10-14;3-2(4,5)1-6/h2-10,18,24H,11-12H2,1H3,(H,25,27);1H. The fraction of sp³-hybridized carbons (Fsp3) is 0.217. The molecule has 1 aliphatic heterocycles. The van der Waals surface area contributed by atoms with Gasteiger partial charge < -0.3 is 15.2 Å². The second-order valence-corrected chi connectivity index (χ2v) is 8.39. The lowest BCUT2D eigenvalue weighted by Gasteiger charge is -2.33. The van der Waals surface area contributed by atoms with Crippen molar-refractivity contribution in [1.82, 2.24) is 9.88 Å². The fourth-order valence-corrected chi connectivity index (χ4v) is 4.20. The van der Waals surface area contributed by atoms with Crippen LogP contribution >= 0.6 is 23.2 Å². The van der Waals surface area contributed by atoms with E-state index >= 15 is 0 Å². The molecule has 0 fully saturated rings. The largest absolute Gasteiger partial charge is 0.446 e. The molecule has 0 bridgehead atoms. The van der Waals surface area contributed by atoms with Crippen LogP contribution in [-0.2, 0) is 11.3 Å². The van der Waals surface area contributed by atoms with Crippen molar-refractivity contribution in [2.24, 2.45) is 0 Å². The van der Waals surface area contributed by atoms with E-state index in [0.29, 0.717) is 15.6 Å². The van der Waals surface area contributed by atoms with E-state index in [-0.39, 0.29) is 11.8 Å². The summed E-state index contributed by atoms with van der Waals surface area (Å²) in [5.41, 5.74) is 4.75. The Balaban J connectivity index is 0.000000454. The first-order chi connectivity index (χ1) is 15.6. The van der Waals surface area contributed by atoms with Gasteiger partial charge in [-0.25, -0.2) is 0 Å². The number of anilines is 1. The van der Waals surface area contributed by atoms with Crippen molar-refractivity contribution in [3.8, 4) is 0 Å². The van der Waals surface area contributed by atoms with Crippen molar-refractivity contribution in [2.45, 2.75) is 18.6 Å². The normalized spacial score (nSPS) is 15.8. The van der Waals surface area contributed by atoms with Gasteiger partial charge in [-0.3, -0.25) is 9.59 Å². The van der Waals surface area contributed by atoms with Gasteiger partial charge in [-0.05, 0) is 54.1 Å². The highest BCUT2D eigenvalue weighted by Gasteiger charge is 2.27. The number of nitrogens with zero attached hydrogens (tertiary/aromatic N) is 1. The van der Waals surface area contributed by atoms with Crippen LogP contribution < -0.4 is 5.32 Å². The lowest BCUT2D eigenvalue weighted by Crippen LogP contribution is -2.31. The van der Waals surface area contributed by atoms with E-state index in [1.54, 1.807) is 24.5 Å². The van der Waals surface area contributed by atoms with Gasteiger partial charge in [-0.15, -0.1) is 0 Å². The number of fused-ring (bicyclic) bond motifs is 1. The number of amides is 1. The minimum absolute atomic E-state index is 0.138. The van der Waals surface area contributed by atoms with E-state index < -0.39 is 12.5 Å². The molecule has 10 heteroatoms. The third kappa shape index (κ3) is 6.60. The molecule has 1 atom stereocenters. The summed E-state index contributed by atoms with van der Waals surface area (Å²) in [5, 5.41) is 4.30. The molecule has 0 spiro atoms. The third-order valence-electron chi connectivity index (χ3n) is 5.03. The monoisotopic (exact) mass is 497 g/mol. The van der Waals surface area contributed by atoms with Gasteiger partial charge in [0.25, 0.3) is 5.91 Å². The Kier molecular flexibility index (Phi) is 7.84. The molecule has 1 aliphatic rings. The topological polar surface area (TPSA) is 65.2 Å². The Morgan fingerprint density at radius 2 is 1.94 bits per heavy atom. The number of aldehydes is 1. The van der Waals surface area contributed by atoms with Crippen LogP contribution in [0.2, 0.25) is 10.0 Å². The lowest BCUT2D eigenvalue weighted by molar-refractivity contribution is -0.156. The van der Waals surface area contributed by atoms with Crippen LogP contribution in [0.1, 0.15) is 33.0 Å². The zero-order chi connectivity index (χ0) is 24.2. The van der Waals surface area contributed by atoms with Gasteiger partial charge in [-0.1, -0.05) is 35.3 Å². The van der Waals surface area contributed by atoms with E-state index in [1.165, 1.54) is 0 Å². The molecule has 2 N–H and O–H groups in total. The predicted octanol–water partition coefficient (Wildman–Crippen LogP) is 5.90. The summed E-state index contributed by atoms with van der Waals surface area (Å²) >= 11 is 12.7. The van der Waals surface area contributed by atoms with E-state index in [9.17, 15) is 18.0 Å². The maximum Gasteiger partial charge on any atom is 0.446 e. The predicted molar refractivity (Wildman–Crippen MR) is 122 cm³/mol. The summed E-state index contributed by atoms with van der Waals surface area (Å²) in [4.78, 5) is 26.2. The number of carbonyl (C=O) groups is 2. The summed E-state index contributed by atoms with van der Waals surface area (Å²) in [6.45, 7) is 1.66. The van der Waals surface area contributed by atoms with Crippen molar-refractivity contribution in [2.75, 3.05) is 18.9 Å². The molecule has 1 aromatic heterocycles.